The molecule has 13 N–H and O–H groups in total. The van der Waals surface area contributed by atoms with Gasteiger partial charge in [-0.2, -0.15) is 0 Å². The molecule has 0 saturated heterocycles. The largest absolute Gasteiger partial charge is 0.508 e. The fraction of sp³-hybridized carbons (Fsp3) is 0.190. The Morgan fingerprint density at radius 3 is 1.15 bits per heavy atom. The molecule has 42 nitrogen and oxygen atoms in total. The number of carbonyl (C=O) groups excluding carboxylic acids is 9. The molecule has 0 radical (unpaired) electrons. The molecule has 2 amide bonds. The van der Waals surface area contributed by atoms with E-state index in [-0.39, 0.29) is 136 Å². The van der Waals surface area contributed by atoms with Gasteiger partial charge in [0.25, 0.3) is 57.4 Å². The number of alkyl carbamates (subject to hydrolysis) is 2. The predicted octanol–water partition coefficient (Wildman–Crippen LogP) is 17.4. The van der Waals surface area contributed by atoms with Gasteiger partial charge in [-0.05, 0) is 126 Å². The summed E-state index contributed by atoms with van der Waals surface area (Å²) in [6.07, 6.45) is -2.09. The van der Waals surface area contributed by atoms with Crippen molar-refractivity contribution in [2.45, 2.75) is 115 Å². The van der Waals surface area contributed by atoms with Crippen LogP contribution in [0, 0.1) is 50.6 Å². The lowest BCUT2D eigenvalue weighted by Crippen LogP contribution is -2.60. The second kappa shape index (κ2) is 37.0. The molecular weight excluding hydrogens is 2370 g/mol. The van der Waals surface area contributed by atoms with E-state index in [1.807, 2.05) is 6.07 Å². The number of aliphatic hydroxyl groups is 6. The number of ketones is 7. The number of Topliss-reactive ketones (excluding diaryl/α,β-unsaturated/α-hetero) is 7. The maximum atomic E-state index is 13.6. The van der Waals surface area contributed by atoms with Crippen LogP contribution in [0.15, 0.2) is 251 Å². The molecule has 0 spiro atoms. The quantitative estimate of drug-likeness (QED) is 0.0232. The average Bonchev–Trinajstić information content (AvgIpc) is 1.50. The molecule has 0 aromatic heterocycles. The van der Waals surface area contributed by atoms with Crippen LogP contribution in [0.5, 0.6) is 34.5 Å². The van der Waals surface area contributed by atoms with Gasteiger partial charge in [-0.1, -0.05) is 216 Å². The van der Waals surface area contributed by atoms with Crippen LogP contribution >= 0.6 is 107 Å². The Labute approximate surface area is 892 Å². The zero-order valence-electron chi connectivity index (χ0n) is 76.9. The third-order valence-corrected chi connectivity index (χ3v) is 29.1. The van der Waals surface area contributed by atoms with E-state index in [0.717, 1.165) is 16.6 Å². The molecule has 10 atom stereocenters. The molecule has 49 heteroatoms. The second-order valence-corrected chi connectivity index (χ2v) is 42.6. The SMILES string of the molecule is CC(C)(C)OC(=O)NC12C(=O)c3c(N)cccc3C1(O)Oc1cc(Br)ccc12.CC(C)(C)OC(=O)NC12C(=O)c3cccc([N+](=O)[O-])c3C1(O)Oc1cc(Br)ccc12.NC12C(=O)c3cccc([N+](=O)[O-])c3C1(O)Oc1cc(Br)ccc12.O=C1CC(=O)c2c1cccc2[N+](=O)[O-].O=C1c2cccc([N+](=O)[O-])c2C2(O)Oc3cc(Br)ccc3C12Cl.O=C1c2cccc([N+](=O)[O-])c2C2(O)Oc3cc(Br)ccc3C12O.Oc1cccc(Br)c1. The first kappa shape index (κ1) is 106. The summed E-state index contributed by atoms with van der Waals surface area (Å²) in [6, 6.07) is 54.9. The number of nitrogens with one attached hydrogen (secondary N) is 2. The van der Waals surface area contributed by atoms with Gasteiger partial charge in [-0.15, -0.1) is 0 Å². The van der Waals surface area contributed by atoms with Crippen LogP contribution in [0.25, 0.3) is 0 Å². The molecule has 6 aliphatic carbocycles. The van der Waals surface area contributed by atoms with Crippen LogP contribution in [0.3, 0.4) is 0 Å². The Bertz CT molecular complexity index is 7680. The number of carbonyl (C=O) groups is 9. The number of fused-ring (bicyclic) bond motifs is 26. The Balaban J connectivity index is 0.000000121. The molecule has 149 heavy (non-hydrogen) atoms. The van der Waals surface area contributed by atoms with Crippen molar-refractivity contribution in [2.24, 2.45) is 5.73 Å². The van der Waals surface area contributed by atoms with Gasteiger partial charge < -0.3 is 80.4 Å². The molecule has 0 saturated carbocycles. The summed E-state index contributed by atoms with van der Waals surface area (Å²) in [7, 11) is 0. The van der Waals surface area contributed by atoms with Gasteiger partial charge in [0.05, 0.1) is 36.6 Å². The van der Waals surface area contributed by atoms with Crippen molar-refractivity contribution in [2.75, 3.05) is 5.73 Å². The van der Waals surface area contributed by atoms with Gasteiger partial charge in [0, 0.05) is 124 Å². The van der Waals surface area contributed by atoms with Crippen LogP contribution in [-0.2, 0) is 65.5 Å². The molecule has 0 bridgehead atoms. The Hall–Kier alpha value is -14.6. The van der Waals surface area contributed by atoms with Gasteiger partial charge in [0.15, 0.2) is 28.7 Å². The van der Waals surface area contributed by atoms with Crippen LogP contribution in [0.4, 0.5) is 43.7 Å². The summed E-state index contributed by atoms with van der Waals surface area (Å²) in [4.78, 5) is 164. The normalized spacial score (nSPS) is 23.9. The van der Waals surface area contributed by atoms with Crippen molar-refractivity contribution in [1.82, 2.24) is 10.6 Å². The lowest BCUT2D eigenvalue weighted by Gasteiger charge is -2.35. The molecule has 12 aromatic carbocycles. The number of halogens is 7. The number of anilines is 1. The number of ether oxygens (including phenoxy) is 7. The van der Waals surface area contributed by atoms with E-state index in [1.54, 1.807) is 145 Å². The number of aromatic hydroxyl groups is 1. The molecule has 23 rings (SSSR count). The number of nitro benzene ring substituents is 5. The van der Waals surface area contributed by atoms with Gasteiger partial charge in [0.1, 0.15) is 73.5 Å². The maximum Gasteiger partial charge on any atom is 0.408 e. The number of benzene rings is 12. The monoisotopic (exact) mass is 2430 g/mol. The van der Waals surface area contributed by atoms with Crippen LogP contribution in [-0.4, -0.2) is 124 Å². The predicted molar refractivity (Wildman–Crippen MR) is 540 cm³/mol. The number of amides is 2. The highest BCUT2D eigenvalue weighted by molar-refractivity contribution is 9.11. The summed E-state index contributed by atoms with van der Waals surface area (Å²) < 4.78 is 43.0. The maximum absolute atomic E-state index is 13.6. The zero-order chi connectivity index (χ0) is 109. The zero-order valence-corrected chi connectivity index (χ0v) is 87.1. The van der Waals surface area contributed by atoms with E-state index in [1.165, 1.54) is 103 Å². The summed E-state index contributed by atoms with van der Waals surface area (Å²) >= 11 is 26.1. The molecule has 5 aliphatic heterocycles. The molecular formula is C100H70Br6ClN9O33. The summed E-state index contributed by atoms with van der Waals surface area (Å²) in [6.45, 7) is 10.0. The number of phenolic OH excluding ortho intramolecular Hbond substituents is 1. The average molecular weight is 2440 g/mol. The Morgan fingerprint density at radius 2 is 0.698 bits per heavy atom. The number of nitrogens with two attached hydrogens (primary N) is 2. The molecule has 5 heterocycles. The van der Waals surface area contributed by atoms with E-state index in [4.69, 9.17) is 61.3 Å². The number of nitrogen functional groups attached to an aromatic ring is 1. The first-order chi connectivity index (χ1) is 69.7. The molecule has 762 valence electrons. The number of hydrogen-bond donors (Lipinski definition) is 11. The first-order valence-corrected chi connectivity index (χ1v) is 48.7. The van der Waals surface area contributed by atoms with Crippen molar-refractivity contribution in [3.05, 3.63) is 396 Å². The van der Waals surface area contributed by atoms with E-state index in [9.17, 15) is 124 Å². The van der Waals surface area contributed by atoms with Crippen LogP contribution in [0.2, 0.25) is 0 Å². The number of nitro groups is 5. The Kier molecular flexibility index (Phi) is 26.2. The number of hydrogen-bond acceptors (Lipinski definition) is 35. The third kappa shape index (κ3) is 16.2. The minimum absolute atomic E-state index is 0.00207. The molecule has 10 unspecified atom stereocenters. The lowest BCUT2D eigenvalue weighted by molar-refractivity contribution is -0.388. The van der Waals surface area contributed by atoms with Gasteiger partial charge in [-0.3, -0.25) is 94.8 Å². The van der Waals surface area contributed by atoms with Crippen molar-refractivity contribution in [1.29, 1.82) is 0 Å². The highest BCUT2D eigenvalue weighted by Gasteiger charge is 2.78. The van der Waals surface area contributed by atoms with E-state index < -0.39 is 161 Å². The molecule has 0 fully saturated rings. The fourth-order valence-electron chi connectivity index (χ4n) is 19.5. The van der Waals surface area contributed by atoms with Crippen molar-refractivity contribution in [3.8, 4) is 34.5 Å². The lowest BCUT2D eigenvalue weighted by atomic mass is 9.83. The van der Waals surface area contributed by atoms with Crippen molar-refractivity contribution < 1.29 is 137 Å². The number of phenols is 1. The van der Waals surface area contributed by atoms with Crippen LogP contribution < -0.4 is 45.8 Å². The van der Waals surface area contributed by atoms with Crippen molar-refractivity contribution in [3.63, 3.8) is 0 Å². The summed E-state index contributed by atoms with van der Waals surface area (Å²) in [5.74, 6) is -14.9. The Morgan fingerprint density at radius 1 is 0.362 bits per heavy atom. The highest BCUT2D eigenvalue weighted by Crippen LogP contribution is 2.67. The summed E-state index contributed by atoms with van der Waals surface area (Å²) in [5, 5.41) is 137. The number of rotatable bonds is 7. The van der Waals surface area contributed by atoms with Crippen molar-refractivity contribution >= 4 is 194 Å². The first-order valence-electron chi connectivity index (χ1n) is 43.5. The summed E-state index contributed by atoms with van der Waals surface area (Å²) in [5.41, 5.74) is 0.565. The number of alkyl halides is 1. The molecule has 12 aromatic rings. The van der Waals surface area contributed by atoms with E-state index in [0.29, 0.717) is 39.2 Å². The van der Waals surface area contributed by atoms with Gasteiger partial charge in [-0.25, -0.2) is 9.59 Å². The standard InChI is InChI=1S/C20H17BrN2O7.C20H19BrN2O5.C15H7BrClNO5.C15H9BrN2O5.C15H8BrNO6.C9H5NO4.C6H5BrO/c1-18(2,3)30-17(25)22-19-12-8-7-10(21)9-14(12)29-20(19,26)15-11(16(19)24)5-4-6-13(15)23(27)28;1-18(2,3)28-17(25)23-19-11-8-7-10(21)9-14(11)27-20(19,26)12-5-4-6-13(22)15(12)16(19)24;2*16-7-4-5-9-11(6-7)23-15(20)12-8(13(19)14(9,15)17)2-1-3-10(12)18(21)22;16-7-4-5-9-11(6-7)23-15(20)12-8(13(18)14(9,15)19)2-1-3-10(12)17(21)22;11-7-4-8(12)9-5(7)2-1-3-6(9)10(13)14;7-5-2-1-3-6(8)4-5/h4-9,26H,1-3H3,(H,22,25);4-9,26H,22H2,1-3H3,(H,23,25);1-6,20H;1-6,20H,17H2;1-6,19-20H;1-3H,4H2;1-4,8H. The third-order valence-electron chi connectivity index (χ3n) is 25.5. The minimum Gasteiger partial charge on any atom is -0.508 e. The second-order valence-electron chi connectivity index (χ2n) is 36.6. The highest BCUT2D eigenvalue weighted by atomic mass is 79.9. The minimum atomic E-state index is -2.54. The smallest absolute Gasteiger partial charge is 0.408 e. The van der Waals surface area contributed by atoms with Gasteiger partial charge >= 0.3 is 12.2 Å². The van der Waals surface area contributed by atoms with Gasteiger partial charge in [0.2, 0.25) is 38.9 Å². The topological polar surface area (TPSA) is 652 Å². The fourth-order valence-corrected chi connectivity index (χ4v) is 22.0. The van der Waals surface area contributed by atoms with E-state index >= 15 is 0 Å². The number of nitrogens with zero attached hydrogens (tertiary/aromatic N) is 5. The van der Waals surface area contributed by atoms with Crippen LogP contribution in [0.1, 0.15) is 176 Å². The molecule has 11 aliphatic rings. The van der Waals surface area contributed by atoms with E-state index in [2.05, 4.69) is 106 Å².